The van der Waals surface area contributed by atoms with Gasteiger partial charge in [-0.05, 0) is 67.9 Å². The molecule has 0 aliphatic heterocycles. The van der Waals surface area contributed by atoms with Crippen LogP contribution in [0.15, 0.2) is 29.5 Å². The van der Waals surface area contributed by atoms with E-state index in [0.29, 0.717) is 12.5 Å². The van der Waals surface area contributed by atoms with Gasteiger partial charge in [-0.25, -0.2) is 4.99 Å². The van der Waals surface area contributed by atoms with E-state index in [4.69, 9.17) is 5.73 Å². The molecule has 4 nitrogen and oxygen atoms in total. The highest BCUT2D eigenvalue weighted by atomic mass is 15.1. The van der Waals surface area contributed by atoms with E-state index >= 15 is 0 Å². The standard InChI is InChI=1S/C17H24N4/c18-16(20-11-12-2-1-3-19-10-12)21-17-7-13-4-14(8-17)6-15(5-13)9-17/h1-3,10,13-15H,4-9,11H2,(H3,18,20,21). The number of hydrogen-bond acceptors (Lipinski definition) is 2. The second kappa shape index (κ2) is 5.00. The van der Waals surface area contributed by atoms with Crippen LogP contribution in [0.1, 0.15) is 44.1 Å². The zero-order valence-electron chi connectivity index (χ0n) is 12.5. The Kier molecular flexibility index (Phi) is 3.12. The van der Waals surface area contributed by atoms with Crippen LogP contribution < -0.4 is 11.1 Å². The van der Waals surface area contributed by atoms with Gasteiger partial charge in [-0.15, -0.1) is 0 Å². The van der Waals surface area contributed by atoms with Gasteiger partial charge in [0.2, 0.25) is 0 Å². The highest BCUT2D eigenvalue weighted by molar-refractivity contribution is 5.78. The molecule has 0 amide bonds. The summed E-state index contributed by atoms with van der Waals surface area (Å²) in [6.07, 6.45) is 11.9. The van der Waals surface area contributed by atoms with Gasteiger partial charge in [-0.3, -0.25) is 4.98 Å². The molecular formula is C17H24N4. The van der Waals surface area contributed by atoms with E-state index in [9.17, 15) is 0 Å². The lowest BCUT2D eigenvalue weighted by molar-refractivity contribution is -0.0102. The number of aromatic nitrogens is 1. The van der Waals surface area contributed by atoms with Crippen LogP contribution in [0.25, 0.3) is 0 Å². The van der Waals surface area contributed by atoms with Gasteiger partial charge in [0, 0.05) is 17.9 Å². The van der Waals surface area contributed by atoms with Crippen LogP contribution in [0.5, 0.6) is 0 Å². The zero-order chi connectivity index (χ0) is 14.3. The molecule has 4 bridgehead atoms. The van der Waals surface area contributed by atoms with Crippen molar-refractivity contribution in [1.29, 1.82) is 0 Å². The minimum atomic E-state index is 0.247. The Balaban J connectivity index is 1.43. The predicted molar refractivity (Wildman–Crippen MR) is 83.6 cm³/mol. The third-order valence-corrected chi connectivity index (χ3v) is 5.59. The Labute approximate surface area is 126 Å². The number of hydrogen-bond donors (Lipinski definition) is 2. The van der Waals surface area contributed by atoms with Crippen molar-refractivity contribution >= 4 is 5.96 Å². The van der Waals surface area contributed by atoms with Crippen molar-refractivity contribution in [1.82, 2.24) is 10.3 Å². The van der Waals surface area contributed by atoms with E-state index in [-0.39, 0.29) is 5.54 Å². The van der Waals surface area contributed by atoms with E-state index in [1.807, 2.05) is 18.3 Å². The number of guanidine groups is 1. The molecule has 5 rings (SSSR count). The van der Waals surface area contributed by atoms with E-state index < -0.39 is 0 Å². The molecule has 0 spiro atoms. The minimum absolute atomic E-state index is 0.247. The monoisotopic (exact) mass is 284 g/mol. The average molecular weight is 284 g/mol. The third-order valence-electron chi connectivity index (χ3n) is 5.59. The molecule has 4 heteroatoms. The van der Waals surface area contributed by atoms with Crippen LogP contribution in [0.3, 0.4) is 0 Å². The third kappa shape index (κ3) is 2.63. The number of aliphatic imine (C=N–C) groups is 1. The fourth-order valence-corrected chi connectivity index (χ4v) is 5.24. The molecule has 0 atom stereocenters. The first-order valence-corrected chi connectivity index (χ1v) is 8.18. The van der Waals surface area contributed by atoms with Crippen LogP contribution in [0.2, 0.25) is 0 Å². The van der Waals surface area contributed by atoms with Gasteiger partial charge in [-0.2, -0.15) is 0 Å². The SMILES string of the molecule is NC(=NCc1cccnc1)NC12CC3CC(CC(C3)C1)C2. The van der Waals surface area contributed by atoms with Crippen molar-refractivity contribution in [2.75, 3.05) is 0 Å². The van der Waals surface area contributed by atoms with Crippen LogP contribution in [0, 0.1) is 17.8 Å². The van der Waals surface area contributed by atoms with E-state index in [2.05, 4.69) is 15.3 Å². The topological polar surface area (TPSA) is 63.3 Å². The fraction of sp³-hybridized carbons (Fsp3) is 0.647. The van der Waals surface area contributed by atoms with Gasteiger partial charge >= 0.3 is 0 Å². The smallest absolute Gasteiger partial charge is 0.189 e. The average Bonchev–Trinajstić information content (AvgIpc) is 2.44. The van der Waals surface area contributed by atoms with Gasteiger partial charge in [0.1, 0.15) is 0 Å². The molecule has 4 aliphatic rings. The van der Waals surface area contributed by atoms with Gasteiger partial charge in [-0.1, -0.05) is 6.07 Å². The van der Waals surface area contributed by atoms with Crippen molar-refractivity contribution in [2.24, 2.45) is 28.5 Å². The predicted octanol–water partition coefficient (Wildman–Crippen LogP) is 2.45. The molecule has 0 radical (unpaired) electrons. The molecule has 1 aromatic heterocycles. The minimum Gasteiger partial charge on any atom is -0.370 e. The molecule has 1 aromatic rings. The van der Waals surface area contributed by atoms with Gasteiger partial charge in [0.05, 0.1) is 6.54 Å². The summed E-state index contributed by atoms with van der Waals surface area (Å²) < 4.78 is 0. The van der Waals surface area contributed by atoms with E-state index in [1.165, 1.54) is 38.5 Å². The maximum Gasteiger partial charge on any atom is 0.189 e. The second-order valence-corrected chi connectivity index (χ2v) is 7.39. The maximum atomic E-state index is 6.16. The Morgan fingerprint density at radius 2 is 1.90 bits per heavy atom. The molecule has 1 heterocycles. The molecule has 4 aliphatic carbocycles. The summed E-state index contributed by atoms with van der Waals surface area (Å²) in [5, 5.41) is 3.60. The zero-order valence-corrected chi connectivity index (χ0v) is 12.5. The van der Waals surface area contributed by atoms with Gasteiger partial charge in [0.25, 0.3) is 0 Å². The summed E-state index contributed by atoms with van der Waals surface area (Å²) in [5.74, 6) is 3.39. The van der Waals surface area contributed by atoms with Crippen LogP contribution in [0.4, 0.5) is 0 Å². The lowest BCUT2D eigenvalue weighted by atomic mass is 9.53. The Hall–Kier alpha value is -1.58. The molecule has 4 fully saturated rings. The molecule has 21 heavy (non-hydrogen) atoms. The molecule has 3 N–H and O–H groups in total. The second-order valence-electron chi connectivity index (χ2n) is 7.39. The number of nitrogens with zero attached hydrogens (tertiary/aromatic N) is 2. The van der Waals surface area contributed by atoms with E-state index in [0.717, 1.165) is 23.3 Å². The normalized spacial score (nSPS) is 37.7. The Morgan fingerprint density at radius 3 is 2.48 bits per heavy atom. The number of nitrogens with two attached hydrogens (primary N) is 1. The molecule has 0 unspecified atom stereocenters. The van der Waals surface area contributed by atoms with E-state index in [1.54, 1.807) is 6.20 Å². The number of nitrogens with one attached hydrogen (secondary N) is 1. The Morgan fingerprint density at radius 1 is 1.24 bits per heavy atom. The molecule has 0 aromatic carbocycles. The first kappa shape index (κ1) is 13.1. The highest BCUT2D eigenvalue weighted by Gasteiger charge is 2.51. The number of rotatable bonds is 3. The summed E-state index contributed by atoms with van der Waals surface area (Å²) in [6, 6.07) is 3.97. The lowest BCUT2D eigenvalue weighted by Crippen LogP contribution is -2.61. The molecular weight excluding hydrogens is 260 g/mol. The van der Waals surface area contributed by atoms with Crippen LogP contribution in [-0.4, -0.2) is 16.5 Å². The fourth-order valence-electron chi connectivity index (χ4n) is 5.24. The van der Waals surface area contributed by atoms with Crippen molar-refractivity contribution in [3.8, 4) is 0 Å². The largest absolute Gasteiger partial charge is 0.370 e. The van der Waals surface area contributed by atoms with Crippen LogP contribution in [-0.2, 0) is 6.54 Å². The maximum absolute atomic E-state index is 6.16. The lowest BCUT2D eigenvalue weighted by Gasteiger charge is -2.57. The van der Waals surface area contributed by atoms with Crippen molar-refractivity contribution in [3.63, 3.8) is 0 Å². The molecule has 4 saturated carbocycles. The summed E-state index contributed by atoms with van der Waals surface area (Å²) >= 11 is 0. The highest BCUT2D eigenvalue weighted by Crippen LogP contribution is 2.55. The molecule has 0 saturated heterocycles. The van der Waals surface area contributed by atoms with Crippen LogP contribution >= 0.6 is 0 Å². The van der Waals surface area contributed by atoms with Gasteiger partial charge < -0.3 is 11.1 Å². The number of pyridine rings is 1. The summed E-state index contributed by atoms with van der Waals surface area (Å²) in [6.45, 7) is 0.610. The quantitative estimate of drug-likeness (QED) is 0.662. The van der Waals surface area contributed by atoms with Gasteiger partial charge in [0.15, 0.2) is 5.96 Å². The van der Waals surface area contributed by atoms with Crippen molar-refractivity contribution < 1.29 is 0 Å². The van der Waals surface area contributed by atoms with Crippen molar-refractivity contribution in [3.05, 3.63) is 30.1 Å². The molecule has 112 valence electrons. The summed E-state index contributed by atoms with van der Waals surface area (Å²) in [5.41, 5.74) is 7.51. The first-order chi connectivity index (χ1) is 10.2. The Bertz CT molecular complexity index is 502. The summed E-state index contributed by atoms with van der Waals surface area (Å²) in [7, 11) is 0. The summed E-state index contributed by atoms with van der Waals surface area (Å²) in [4.78, 5) is 8.63. The first-order valence-electron chi connectivity index (χ1n) is 8.18. The van der Waals surface area contributed by atoms with Crippen molar-refractivity contribution in [2.45, 2.75) is 50.6 Å².